The molecule has 0 unspecified atom stereocenters. The van der Waals surface area contributed by atoms with Crippen molar-refractivity contribution in [2.75, 3.05) is 9.80 Å². The summed E-state index contributed by atoms with van der Waals surface area (Å²) in [5.41, 5.74) is 24.4. The fourth-order valence-corrected chi connectivity index (χ4v) is 15.6. The van der Waals surface area contributed by atoms with Gasteiger partial charge in [-0.3, -0.25) is 9.97 Å². The first-order valence-electron chi connectivity index (χ1n) is 34.6. The molecule has 0 N–H and O–H groups in total. The molecule has 5 aromatic heterocycles. The highest BCUT2D eigenvalue weighted by Gasteiger charge is 2.24. The molecule has 0 aliphatic carbocycles. The molecule has 20 rings (SSSR count). The normalized spacial score (nSPS) is 11.7. The van der Waals surface area contributed by atoms with Crippen LogP contribution in [0.15, 0.2) is 364 Å². The Balaban J connectivity index is 0.659. The van der Waals surface area contributed by atoms with Gasteiger partial charge in [-0.05, 0) is 189 Å². The van der Waals surface area contributed by atoms with E-state index in [1.165, 1.54) is 65.3 Å². The van der Waals surface area contributed by atoms with Crippen molar-refractivity contribution in [3.8, 4) is 56.1 Å². The number of anilines is 6. The van der Waals surface area contributed by atoms with Crippen molar-refractivity contribution in [1.29, 1.82) is 0 Å². The fourth-order valence-electron chi connectivity index (χ4n) is 15.6. The Bertz CT molecular complexity index is 6270. The van der Waals surface area contributed by atoms with Crippen LogP contribution in [0.5, 0.6) is 0 Å². The molecule has 102 heavy (non-hydrogen) atoms. The Morgan fingerprint density at radius 3 is 1.01 bits per heavy atom. The van der Waals surface area contributed by atoms with Crippen molar-refractivity contribution in [2.24, 2.45) is 0 Å². The zero-order valence-electron chi connectivity index (χ0n) is 55.2. The molecule has 0 spiro atoms. The minimum absolute atomic E-state index is 0.784. The van der Waals surface area contributed by atoms with Gasteiger partial charge in [-0.15, -0.1) is 0 Å². The van der Waals surface area contributed by atoms with E-state index in [9.17, 15) is 0 Å². The first-order chi connectivity index (χ1) is 50.6. The summed E-state index contributed by atoms with van der Waals surface area (Å²) in [4.78, 5) is 25.5. The van der Waals surface area contributed by atoms with Crippen molar-refractivity contribution in [3.05, 3.63) is 364 Å². The van der Waals surface area contributed by atoms with Crippen molar-refractivity contribution in [1.82, 2.24) is 29.1 Å². The summed E-state index contributed by atoms with van der Waals surface area (Å²) in [5, 5.41) is 11.9. The summed E-state index contributed by atoms with van der Waals surface area (Å²) in [6.07, 6.45) is 3.75. The molecular weight excluding hydrogens is 1240 g/mol. The summed E-state index contributed by atoms with van der Waals surface area (Å²) in [6.45, 7) is 0. The molecule has 15 aromatic carbocycles. The van der Waals surface area contributed by atoms with Crippen LogP contribution in [-0.4, -0.2) is 29.1 Å². The van der Waals surface area contributed by atoms with Crippen LogP contribution in [0.2, 0.25) is 0 Å². The van der Waals surface area contributed by atoms with E-state index in [0.29, 0.717) is 0 Å². The maximum atomic E-state index is 5.44. The zero-order chi connectivity index (χ0) is 67.2. The maximum Gasteiger partial charge on any atom is 0.0973 e. The van der Waals surface area contributed by atoms with E-state index in [1.54, 1.807) is 0 Å². The Kier molecular flexibility index (Phi) is 13.7. The molecule has 5 heterocycles. The topological polar surface area (TPSA) is 67.9 Å². The quantitative estimate of drug-likeness (QED) is 0.121. The fraction of sp³-hybridized carbons (Fsp3) is 0. The third-order valence-electron chi connectivity index (χ3n) is 20.4. The van der Waals surface area contributed by atoms with Crippen molar-refractivity contribution in [2.45, 2.75) is 0 Å². The minimum atomic E-state index is 0.784. The lowest BCUT2D eigenvalue weighted by molar-refractivity contribution is 1.17. The Hall–Kier alpha value is -13.8. The summed E-state index contributed by atoms with van der Waals surface area (Å²) in [7, 11) is 0. The molecule has 8 nitrogen and oxygen atoms in total. The minimum Gasteiger partial charge on any atom is -0.309 e. The van der Waals surface area contributed by atoms with Gasteiger partial charge in [-0.1, -0.05) is 206 Å². The van der Waals surface area contributed by atoms with Crippen LogP contribution in [-0.2, 0) is 0 Å². The number of benzene rings is 15. The van der Waals surface area contributed by atoms with Crippen LogP contribution in [0.4, 0.5) is 34.1 Å². The third-order valence-corrected chi connectivity index (χ3v) is 20.4. The van der Waals surface area contributed by atoms with Crippen LogP contribution in [0, 0.1) is 0 Å². The van der Waals surface area contributed by atoms with Crippen molar-refractivity contribution < 1.29 is 0 Å². The highest BCUT2D eigenvalue weighted by molar-refractivity contribution is 6.13. The number of hydrogen-bond acceptors (Lipinski definition) is 6. The number of para-hydroxylation sites is 6. The largest absolute Gasteiger partial charge is 0.309 e. The van der Waals surface area contributed by atoms with Gasteiger partial charge in [0.25, 0.3) is 0 Å². The second kappa shape index (κ2) is 24.0. The number of hydrogen-bond donors (Lipinski definition) is 0. The van der Waals surface area contributed by atoms with Gasteiger partial charge in [0.2, 0.25) is 0 Å². The summed E-state index contributed by atoms with van der Waals surface area (Å²) >= 11 is 0. The van der Waals surface area contributed by atoms with Crippen LogP contribution in [0.25, 0.3) is 154 Å². The van der Waals surface area contributed by atoms with Gasteiger partial charge in [0.15, 0.2) is 0 Å². The third kappa shape index (κ3) is 9.75. The van der Waals surface area contributed by atoms with E-state index in [-0.39, 0.29) is 0 Å². The lowest BCUT2D eigenvalue weighted by atomic mass is 9.97. The van der Waals surface area contributed by atoms with Gasteiger partial charge < -0.3 is 18.9 Å². The molecule has 20 aromatic rings. The number of aromatic nitrogens is 6. The number of pyridine rings is 2. The molecular formula is C94H60N8. The van der Waals surface area contributed by atoms with Crippen molar-refractivity contribution in [3.63, 3.8) is 0 Å². The SMILES string of the molecule is c1ccc2c(-c3ccc4c(c3)c3ccccc3n4-c3ccc(N(c4ccc(-c5nc6ccccc6nc5-c5ccc(N(c6ccc(-n7c8ccccc8c8cc(-c9cccc%10ccccc9%10)ccc87)cc6)c6cccc7cccnc67)cc5)cc4)c4cccc5cccnc45)cc3)cccc2c1. The molecule has 0 atom stereocenters. The van der Waals surface area contributed by atoms with E-state index < -0.39 is 0 Å². The van der Waals surface area contributed by atoms with E-state index in [1.807, 2.05) is 48.8 Å². The van der Waals surface area contributed by atoms with E-state index in [4.69, 9.17) is 19.9 Å². The summed E-state index contributed by atoms with van der Waals surface area (Å²) < 4.78 is 4.78. The average molecular weight is 1300 g/mol. The van der Waals surface area contributed by atoms with Crippen LogP contribution >= 0.6 is 0 Å². The monoisotopic (exact) mass is 1300 g/mol. The average Bonchev–Trinajstić information content (AvgIpc) is 1.55. The molecule has 0 aliphatic rings. The lowest BCUT2D eigenvalue weighted by Gasteiger charge is -2.27. The molecule has 0 amide bonds. The molecule has 0 fully saturated rings. The van der Waals surface area contributed by atoms with Gasteiger partial charge in [0, 0.05) is 90.0 Å². The van der Waals surface area contributed by atoms with Gasteiger partial charge in [0.05, 0.1) is 66.9 Å². The summed E-state index contributed by atoms with van der Waals surface area (Å²) in [5.74, 6) is 0. The smallest absolute Gasteiger partial charge is 0.0973 e. The molecule has 0 aliphatic heterocycles. The first-order valence-corrected chi connectivity index (χ1v) is 34.6. The molecule has 476 valence electrons. The Morgan fingerprint density at radius 1 is 0.235 bits per heavy atom. The predicted molar refractivity (Wildman–Crippen MR) is 425 cm³/mol. The van der Waals surface area contributed by atoms with Crippen LogP contribution in [0.3, 0.4) is 0 Å². The highest BCUT2D eigenvalue weighted by Crippen LogP contribution is 2.45. The second-order valence-electron chi connectivity index (χ2n) is 26.1. The lowest BCUT2D eigenvalue weighted by Crippen LogP contribution is -2.11. The van der Waals surface area contributed by atoms with Gasteiger partial charge >= 0.3 is 0 Å². The van der Waals surface area contributed by atoms with Crippen LogP contribution < -0.4 is 9.80 Å². The highest BCUT2D eigenvalue weighted by atomic mass is 15.2. The van der Waals surface area contributed by atoms with E-state index >= 15 is 0 Å². The predicted octanol–water partition coefficient (Wildman–Crippen LogP) is 24.8. The maximum absolute atomic E-state index is 5.44. The van der Waals surface area contributed by atoms with Crippen molar-refractivity contribution >= 4 is 132 Å². The molecule has 8 heteroatoms. The number of fused-ring (bicyclic) bond motifs is 11. The number of nitrogens with zero attached hydrogens (tertiary/aromatic N) is 8. The zero-order valence-corrected chi connectivity index (χ0v) is 55.2. The van der Waals surface area contributed by atoms with Gasteiger partial charge in [-0.25, -0.2) is 9.97 Å². The van der Waals surface area contributed by atoms with Crippen LogP contribution in [0.1, 0.15) is 0 Å². The first kappa shape index (κ1) is 58.3. The Morgan fingerprint density at radius 2 is 0.569 bits per heavy atom. The number of rotatable bonds is 12. The summed E-state index contributed by atoms with van der Waals surface area (Å²) in [6, 6.07) is 126. The van der Waals surface area contributed by atoms with E-state index in [0.717, 1.165) is 123 Å². The Labute approximate surface area is 587 Å². The molecule has 0 saturated heterocycles. The molecule has 0 bridgehead atoms. The molecule has 0 radical (unpaired) electrons. The van der Waals surface area contributed by atoms with E-state index in [2.05, 4.69) is 334 Å². The molecule has 0 saturated carbocycles. The standard InChI is InChI=1S/C94H60N8/c1-3-25-75-61(17-1)19-11-29-77(75)67-41-55-87-81(59-67)79-27-5-9-33-85(79)101(87)73-51-47-71(48-52-73)99(89-35-13-21-63-23-15-57-95-91(63)89)69-43-37-65(38-44-69)93-94(98-84-32-8-7-31-83(84)97-93)66-39-45-70(46-40-66)100(90-36-14-22-64-24-16-58-96-92(64)90)72-49-53-74(54-50-72)102-86-34-10-6-28-80(86)82-60-68(42-56-88(82)102)78-30-12-20-62-18-2-4-26-76(62)78/h1-60H. The van der Waals surface area contributed by atoms with Gasteiger partial charge in [0.1, 0.15) is 0 Å². The van der Waals surface area contributed by atoms with Gasteiger partial charge in [-0.2, -0.15) is 0 Å². The second-order valence-corrected chi connectivity index (χ2v) is 26.1.